The third-order valence-corrected chi connectivity index (χ3v) is 4.04. The Morgan fingerprint density at radius 2 is 1.86 bits per heavy atom. The number of carbonyl (C=O) groups excluding carboxylic acids is 1. The zero-order valence-electron chi connectivity index (χ0n) is 12.6. The van der Waals surface area contributed by atoms with Crippen LogP contribution in [0.25, 0.3) is 10.9 Å². The minimum absolute atomic E-state index is 0.0588. The van der Waals surface area contributed by atoms with Crippen molar-refractivity contribution in [2.45, 2.75) is 13.8 Å². The molecule has 22 heavy (non-hydrogen) atoms. The number of hydrogen-bond donors (Lipinski definition) is 0. The van der Waals surface area contributed by atoms with Gasteiger partial charge in [0, 0.05) is 49.9 Å². The standard InChI is InChI=1S/C16H17F2N3O/c1-10-9-14(21-7-5-20(6-8-21)11(2)22)12-3-4-13(17)15(18)16(12)19-10/h3-4,9H,5-8H2,1-2H3. The SMILES string of the molecule is CC(=O)N1CCN(c2cc(C)nc3c(F)c(F)ccc23)CC1. The predicted molar refractivity (Wildman–Crippen MR) is 80.9 cm³/mol. The van der Waals surface area contributed by atoms with Gasteiger partial charge in [0.1, 0.15) is 5.52 Å². The molecular formula is C16H17F2N3O. The minimum atomic E-state index is -0.912. The molecule has 0 saturated carbocycles. The van der Waals surface area contributed by atoms with E-state index in [9.17, 15) is 13.6 Å². The van der Waals surface area contributed by atoms with Crippen molar-refractivity contribution < 1.29 is 13.6 Å². The summed E-state index contributed by atoms with van der Waals surface area (Å²) in [5, 5.41) is 0.598. The van der Waals surface area contributed by atoms with Crippen molar-refractivity contribution in [3.05, 3.63) is 35.5 Å². The number of carbonyl (C=O) groups is 1. The van der Waals surface area contributed by atoms with Gasteiger partial charge in [0.25, 0.3) is 0 Å². The van der Waals surface area contributed by atoms with Crippen LogP contribution in [0, 0.1) is 18.6 Å². The number of aryl methyl sites for hydroxylation is 1. The number of pyridine rings is 1. The highest BCUT2D eigenvalue weighted by atomic mass is 19.2. The van der Waals surface area contributed by atoms with Crippen LogP contribution in [0.5, 0.6) is 0 Å². The van der Waals surface area contributed by atoms with Crippen molar-refractivity contribution in [3.8, 4) is 0 Å². The molecule has 0 N–H and O–H groups in total. The van der Waals surface area contributed by atoms with Crippen molar-refractivity contribution in [2.24, 2.45) is 0 Å². The minimum Gasteiger partial charge on any atom is -0.367 e. The maximum Gasteiger partial charge on any atom is 0.219 e. The molecule has 2 aromatic rings. The third kappa shape index (κ3) is 2.49. The Kier molecular flexibility index (Phi) is 3.68. The number of rotatable bonds is 1. The second-order valence-electron chi connectivity index (χ2n) is 5.53. The number of amides is 1. The number of hydrogen-bond acceptors (Lipinski definition) is 3. The molecule has 6 heteroatoms. The monoisotopic (exact) mass is 305 g/mol. The molecule has 0 atom stereocenters. The lowest BCUT2D eigenvalue weighted by molar-refractivity contribution is -0.129. The second-order valence-corrected chi connectivity index (χ2v) is 5.53. The van der Waals surface area contributed by atoms with Gasteiger partial charge in [-0.05, 0) is 25.1 Å². The lowest BCUT2D eigenvalue weighted by Gasteiger charge is -2.36. The Labute approximate surface area is 127 Å². The van der Waals surface area contributed by atoms with Gasteiger partial charge in [0.15, 0.2) is 11.6 Å². The predicted octanol–water partition coefficient (Wildman–Crippen LogP) is 2.49. The fourth-order valence-electron chi connectivity index (χ4n) is 2.86. The zero-order chi connectivity index (χ0) is 15.9. The van der Waals surface area contributed by atoms with Crippen LogP contribution in [0.15, 0.2) is 18.2 Å². The first-order valence-corrected chi connectivity index (χ1v) is 7.23. The van der Waals surface area contributed by atoms with E-state index in [1.165, 1.54) is 0 Å². The molecule has 1 amide bonds. The van der Waals surface area contributed by atoms with E-state index in [0.29, 0.717) is 37.3 Å². The molecule has 0 spiro atoms. The van der Waals surface area contributed by atoms with Gasteiger partial charge in [0.2, 0.25) is 5.91 Å². The number of aromatic nitrogens is 1. The Hall–Kier alpha value is -2.24. The largest absolute Gasteiger partial charge is 0.367 e. The van der Waals surface area contributed by atoms with Crippen LogP contribution in [0.2, 0.25) is 0 Å². The van der Waals surface area contributed by atoms with Gasteiger partial charge in [-0.1, -0.05) is 0 Å². The number of nitrogens with zero attached hydrogens (tertiary/aromatic N) is 3. The van der Waals surface area contributed by atoms with E-state index < -0.39 is 11.6 Å². The van der Waals surface area contributed by atoms with E-state index in [4.69, 9.17) is 0 Å². The molecule has 1 aliphatic heterocycles. The molecule has 0 bridgehead atoms. The highest BCUT2D eigenvalue weighted by Crippen LogP contribution is 2.30. The summed E-state index contributed by atoms with van der Waals surface area (Å²) in [4.78, 5) is 19.4. The number of piperazine rings is 1. The Balaban J connectivity index is 2.01. The molecule has 116 valence electrons. The summed E-state index contributed by atoms with van der Waals surface area (Å²) in [5.74, 6) is -1.74. The van der Waals surface area contributed by atoms with Crippen LogP contribution in [-0.2, 0) is 4.79 Å². The molecule has 0 radical (unpaired) electrons. The zero-order valence-corrected chi connectivity index (χ0v) is 12.6. The number of halogens is 2. The van der Waals surface area contributed by atoms with E-state index in [-0.39, 0.29) is 11.4 Å². The lowest BCUT2D eigenvalue weighted by Crippen LogP contribution is -2.48. The molecule has 1 aromatic heterocycles. The van der Waals surface area contributed by atoms with Crippen LogP contribution in [0.4, 0.5) is 14.5 Å². The fraction of sp³-hybridized carbons (Fsp3) is 0.375. The molecule has 2 heterocycles. The maximum absolute atomic E-state index is 14.0. The Morgan fingerprint density at radius 1 is 1.18 bits per heavy atom. The molecule has 1 aliphatic rings. The van der Waals surface area contributed by atoms with Crippen molar-refractivity contribution in [1.82, 2.24) is 9.88 Å². The molecule has 1 aromatic carbocycles. The lowest BCUT2D eigenvalue weighted by atomic mass is 10.1. The maximum atomic E-state index is 14.0. The second kappa shape index (κ2) is 5.51. The highest BCUT2D eigenvalue weighted by Gasteiger charge is 2.22. The van der Waals surface area contributed by atoms with Crippen LogP contribution in [0.3, 0.4) is 0 Å². The highest BCUT2D eigenvalue weighted by molar-refractivity contribution is 5.92. The normalized spacial score (nSPS) is 15.5. The van der Waals surface area contributed by atoms with Crippen LogP contribution in [0.1, 0.15) is 12.6 Å². The van der Waals surface area contributed by atoms with Crippen LogP contribution < -0.4 is 4.90 Å². The first-order chi connectivity index (χ1) is 10.5. The number of fused-ring (bicyclic) bond motifs is 1. The average molecular weight is 305 g/mol. The molecule has 0 unspecified atom stereocenters. The first-order valence-electron chi connectivity index (χ1n) is 7.23. The summed E-state index contributed by atoms with van der Waals surface area (Å²) < 4.78 is 27.4. The van der Waals surface area contributed by atoms with Crippen molar-refractivity contribution in [1.29, 1.82) is 0 Å². The summed E-state index contributed by atoms with van der Waals surface area (Å²) in [5.41, 5.74) is 1.54. The Morgan fingerprint density at radius 3 is 2.50 bits per heavy atom. The summed E-state index contributed by atoms with van der Waals surface area (Å²) in [6.07, 6.45) is 0. The topological polar surface area (TPSA) is 36.4 Å². The third-order valence-electron chi connectivity index (χ3n) is 4.04. The number of anilines is 1. The van der Waals surface area contributed by atoms with E-state index in [0.717, 1.165) is 11.8 Å². The van der Waals surface area contributed by atoms with Gasteiger partial charge in [0.05, 0.1) is 0 Å². The van der Waals surface area contributed by atoms with Gasteiger partial charge in [-0.3, -0.25) is 4.79 Å². The summed E-state index contributed by atoms with van der Waals surface area (Å²) in [7, 11) is 0. The number of benzene rings is 1. The first kappa shape index (κ1) is 14.7. The van der Waals surface area contributed by atoms with Crippen molar-refractivity contribution in [2.75, 3.05) is 31.1 Å². The van der Waals surface area contributed by atoms with Gasteiger partial charge in [-0.2, -0.15) is 0 Å². The average Bonchev–Trinajstić information content (AvgIpc) is 2.51. The molecule has 4 nitrogen and oxygen atoms in total. The van der Waals surface area contributed by atoms with Crippen molar-refractivity contribution in [3.63, 3.8) is 0 Å². The van der Waals surface area contributed by atoms with E-state index in [1.807, 2.05) is 6.07 Å². The van der Waals surface area contributed by atoms with Crippen LogP contribution in [-0.4, -0.2) is 42.0 Å². The Bertz CT molecular complexity index is 740. The molecule has 3 rings (SSSR count). The molecule has 1 saturated heterocycles. The molecule has 0 aliphatic carbocycles. The summed E-state index contributed by atoms with van der Waals surface area (Å²) >= 11 is 0. The summed E-state index contributed by atoms with van der Waals surface area (Å²) in [6, 6.07) is 4.57. The fourth-order valence-corrected chi connectivity index (χ4v) is 2.86. The van der Waals surface area contributed by atoms with Gasteiger partial charge in [-0.15, -0.1) is 0 Å². The van der Waals surface area contributed by atoms with E-state index in [2.05, 4.69) is 9.88 Å². The van der Waals surface area contributed by atoms with Crippen molar-refractivity contribution >= 4 is 22.5 Å². The smallest absolute Gasteiger partial charge is 0.219 e. The van der Waals surface area contributed by atoms with Gasteiger partial charge >= 0.3 is 0 Å². The quantitative estimate of drug-likeness (QED) is 0.812. The van der Waals surface area contributed by atoms with E-state index >= 15 is 0 Å². The van der Waals surface area contributed by atoms with E-state index in [1.54, 1.807) is 24.8 Å². The molecular weight excluding hydrogens is 288 g/mol. The van der Waals surface area contributed by atoms with Crippen LogP contribution >= 0.6 is 0 Å². The summed E-state index contributed by atoms with van der Waals surface area (Å²) in [6.45, 7) is 5.90. The molecule has 1 fully saturated rings. The van der Waals surface area contributed by atoms with Gasteiger partial charge in [-0.25, -0.2) is 13.8 Å². The van der Waals surface area contributed by atoms with Gasteiger partial charge < -0.3 is 9.80 Å².